The van der Waals surface area contributed by atoms with Gasteiger partial charge in [0.05, 0.1) is 6.61 Å². The van der Waals surface area contributed by atoms with Crippen molar-refractivity contribution in [1.82, 2.24) is 4.72 Å². The maximum atomic E-state index is 14.0. The third kappa shape index (κ3) is 5.64. The maximum Gasteiger partial charge on any atom is 0.165 e. The van der Waals surface area contributed by atoms with Gasteiger partial charge in [-0.15, -0.1) is 0 Å². The highest BCUT2D eigenvalue weighted by Crippen LogP contribution is 2.43. The van der Waals surface area contributed by atoms with Gasteiger partial charge in [-0.1, -0.05) is 24.4 Å². The Hall–Kier alpha value is -0.780. The summed E-state index contributed by atoms with van der Waals surface area (Å²) in [4.78, 5) is 0. The largest absolute Gasteiger partial charge is 0.490 e. The van der Waals surface area contributed by atoms with Crippen LogP contribution in [0.15, 0.2) is 18.2 Å². The molecule has 134 valence electrons. The van der Waals surface area contributed by atoms with Crippen molar-refractivity contribution in [3.8, 4) is 5.75 Å². The van der Waals surface area contributed by atoms with Crippen LogP contribution in [0.1, 0.15) is 56.6 Å². The van der Waals surface area contributed by atoms with Crippen LogP contribution in [0.5, 0.6) is 5.75 Å². The summed E-state index contributed by atoms with van der Waals surface area (Å²) in [6.45, 7) is 1.43. The van der Waals surface area contributed by atoms with Crippen LogP contribution >= 0.6 is 11.9 Å². The molecule has 2 aliphatic rings. The SMILES string of the molecule is NCCCCCSNC(c1ccc(F)c(OCC2CC2)c1)C1CC1. The molecule has 0 heterocycles. The lowest BCUT2D eigenvalue weighted by Crippen LogP contribution is -2.17. The van der Waals surface area contributed by atoms with Crippen molar-refractivity contribution in [3.63, 3.8) is 0 Å². The van der Waals surface area contributed by atoms with Gasteiger partial charge in [-0.2, -0.15) is 0 Å². The minimum Gasteiger partial charge on any atom is -0.490 e. The third-order valence-corrected chi connectivity index (χ3v) is 5.65. The van der Waals surface area contributed by atoms with Crippen molar-refractivity contribution in [3.05, 3.63) is 29.6 Å². The van der Waals surface area contributed by atoms with Gasteiger partial charge in [0.1, 0.15) is 0 Å². The first kappa shape index (κ1) is 18.0. The predicted octanol–water partition coefficient (Wildman–Crippen LogP) is 4.43. The lowest BCUT2D eigenvalue weighted by Gasteiger charge is -2.19. The molecule has 0 radical (unpaired) electrons. The van der Waals surface area contributed by atoms with E-state index in [1.165, 1.54) is 38.5 Å². The molecule has 1 atom stereocenters. The standard InChI is InChI=1S/C19H29FN2OS/c20-17-9-8-16(12-18(17)23-13-14-4-5-14)19(15-6-7-15)22-24-11-3-1-2-10-21/h8-9,12,14-15,19,22H,1-7,10-11,13,21H2. The minimum atomic E-state index is -0.247. The number of halogens is 1. The van der Waals surface area contributed by atoms with Crippen molar-refractivity contribution in [2.24, 2.45) is 17.6 Å². The van der Waals surface area contributed by atoms with Crippen LogP contribution in [0.25, 0.3) is 0 Å². The molecule has 3 nitrogen and oxygen atoms in total. The molecule has 1 aromatic rings. The molecule has 0 spiro atoms. The topological polar surface area (TPSA) is 47.3 Å². The van der Waals surface area contributed by atoms with Gasteiger partial charge in [0.2, 0.25) is 0 Å². The third-order valence-electron chi connectivity index (χ3n) is 4.74. The zero-order valence-electron chi connectivity index (χ0n) is 14.3. The Bertz CT molecular complexity index is 520. The van der Waals surface area contributed by atoms with Crippen molar-refractivity contribution >= 4 is 11.9 Å². The zero-order valence-corrected chi connectivity index (χ0v) is 15.1. The number of rotatable bonds is 12. The number of hydrogen-bond donors (Lipinski definition) is 2. The number of ether oxygens (including phenoxy) is 1. The first-order chi connectivity index (χ1) is 11.8. The molecule has 0 amide bonds. The molecule has 3 N–H and O–H groups in total. The van der Waals surface area contributed by atoms with Gasteiger partial charge < -0.3 is 10.5 Å². The molecule has 3 rings (SSSR count). The summed E-state index contributed by atoms with van der Waals surface area (Å²) in [6, 6.07) is 5.67. The van der Waals surface area contributed by atoms with Crippen molar-refractivity contribution in [1.29, 1.82) is 0 Å². The number of benzene rings is 1. The first-order valence-electron chi connectivity index (χ1n) is 9.27. The number of unbranched alkanes of at least 4 members (excludes halogenated alkanes) is 2. The summed E-state index contributed by atoms with van der Waals surface area (Å²) in [5, 5.41) is 0. The smallest absolute Gasteiger partial charge is 0.165 e. The molecule has 0 bridgehead atoms. The highest BCUT2D eigenvalue weighted by Gasteiger charge is 2.32. The van der Waals surface area contributed by atoms with Gasteiger partial charge in [0, 0.05) is 11.8 Å². The fraction of sp³-hybridized carbons (Fsp3) is 0.684. The number of hydrogen-bond acceptors (Lipinski definition) is 4. The molecule has 1 unspecified atom stereocenters. The quantitative estimate of drug-likeness (QED) is 0.431. The van der Waals surface area contributed by atoms with Crippen LogP contribution < -0.4 is 15.2 Å². The lowest BCUT2D eigenvalue weighted by atomic mass is 10.0. The summed E-state index contributed by atoms with van der Waals surface area (Å²) in [5.74, 6) is 2.57. The molecular formula is C19H29FN2OS. The Morgan fingerprint density at radius 2 is 2.04 bits per heavy atom. The molecule has 24 heavy (non-hydrogen) atoms. The fourth-order valence-electron chi connectivity index (χ4n) is 2.83. The van der Waals surface area contributed by atoms with Crippen molar-refractivity contribution in [2.75, 3.05) is 18.9 Å². The predicted molar refractivity (Wildman–Crippen MR) is 98.6 cm³/mol. The van der Waals surface area contributed by atoms with E-state index < -0.39 is 0 Å². The monoisotopic (exact) mass is 352 g/mol. The molecule has 0 aliphatic heterocycles. The second-order valence-electron chi connectivity index (χ2n) is 7.07. The highest BCUT2D eigenvalue weighted by molar-refractivity contribution is 7.97. The van der Waals surface area contributed by atoms with Crippen LogP contribution in [0.4, 0.5) is 4.39 Å². The Balaban J connectivity index is 1.53. The molecule has 2 saturated carbocycles. The molecule has 0 saturated heterocycles. The van der Waals surface area contributed by atoms with Gasteiger partial charge in [-0.05, 0) is 74.6 Å². The Morgan fingerprint density at radius 1 is 1.21 bits per heavy atom. The second-order valence-corrected chi connectivity index (χ2v) is 8.01. The second kappa shape index (κ2) is 9.07. The maximum absolute atomic E-state index is 14.0. The average Bonchev–Trinajstić information content (AvgIpc) is 3.47. The normalized spacial score (nSPS) is 18.6. The van der Waals surface area contributed by atoms with Crippen LogP contribution in [0.2, 0.25) is 0 Å². The van der Waals surface area contributed by atoms with E-state index in [4.69, 9.17) is 10.5 Å². The summed E-state index contributed by atoms with van der Waals surface area (Å²) in [5.41, 5.74) is 6.68. The van der Waals surface area contributed by atoms with Crippen LogP contribution in [0.3, 0.4) is 0 Å². The van der Waals surface area contributed by atoms with E-state index in [1.807, 2.05) is 12.1 Å². The minimum absolute atomic E-state index is 0.247. The zero-order chi connectivity index (χ0) is 16.8. The van der Waals surface area contributed by atoms with Gasteiger partial charge >= 0.3 is 0 Å². The summed E-state index contributed by atoms with van der Waals surface area (Å²) >= 11 is 1.79. The van der Waals surface area contributed by atoms with E-state index >= 15 is 0 Å². The van der Waals surface area contributed by atoms with Crippen LogP contribution in [0, 0.1) is 17.7 Å². The molecule has 5 heteroatoms. The fourth-order valence-corrected chi connectivity index (χ4v) is 3.80. The van der Waals surface area contributed by atoms with Crippen molar-refractivity contribution in [2.45, 2.75) is 51.0 Å². The number of nitrogens with two attached hydrogens (primary N) is 1. The number of nitrogens with one attached hydrogen (secondary N) is 1. The van der Waals surface area contributed by atoms with E-state index in [-0.39, 0.29) is 5.82 Å². The lowest BCUT2D eigenvalue weighted by molar-refractivity contribution is 0.284. The molecule has 0 aromatic heterocycles. The Labute approximate surface area is 149 Å². The van der Waals surface area contributed by atoms with Gasteiger partial charge in [0.25, 0.3) is 0 Å². The van der Waals surface area contributed by atoms with Crippen molar-refractivity contribution < 1.29 is 9.13 Å². The van der Waals surface area contributed by atoms with E-state index in [1.54, 1.807) is 18.0 Å². The van der Waals surface area contributed by atoms with Gasteiger partial charge in [-0.25, -0.2) is 4.39 Å². The van der Waals surface area contributed by atoms with E-state index in [0.29, 0.717) is 30.2 Å². The average molecular weight is 353 g/mol. The van der Waals surface area contributed by atoms with E-state index in [2.05, 4.69) is 4.72 Å². The molecule has 2 aliphatic carbocycles. The van der Waals surface area contributed by atoms with Gasteiger partial charge in [-0.3, -0.25) is 4.72 Å². The summed E-state index contributed by atoms with van der Waals surface area (Å²) in [7, 11) is 0. The molecular weight excluding hydrogens is 323 g/mol. The highest BCUT2D eigenvalue weighted by atomic mass is 32.2. The summed E-state index contributed by atoms with van der Waals surface area (Å²) in [6.07, 6.45) is 8.41. The Morgan fingerprint density at radius 3 is 2.75 bits per heavy atom. The van der Waals surface area contributed by atoms with E-state index in [0.717, 1.165) is 24.3 Å². The summed E-state index contributed by atoms with van der Waals surface area (Å²) < 4.78 is 23.3. The van der Waals surface area contributed by atoms with Gasteiger partial charge in [0.15, 0.2) is 11.6 Å². The Kier molecular flexibility index (Phi) is 6.81. The first-order valence-corrected chi connectivity index (χ1v) is 10.3. The molecule has 1 aromatic carbocycles. The van der Waals surface area contributed by atoms with Crippen LogP contribution in [-0.2, 0) is 0 Å². The van der Waals surface area contributed by atoms with Crippen LogP contribution in [-0.4, -0.2) is 18.9 Å². The molecule has 2 fully saturated rings. The van der Waals surface area contributed by atoms with E-state index in [9.17, 15) is 4.39 Å².